The summed E-state index contributed by atoms with van der Waals surface area (Å²) in [5.41, 5.74) is 1.45. The zero-order chi connectivity index (χ0) is 18.0. The lowest BCUT2D eigenvalue weighted by molar-refractivity contribution is -0.112. The summed E-state index contributed by atoms with van der Waals surface area (Å²) >= 11 is 0. The lowest BCUT2D eigenvalue weighted by atomic mass is 9.93. The van der Waals surface area contributed by atoms with Gasteiger partial charge in [-0.25, -0.2) is 0 Å². The number of carbonyl (C=O) groups is 2. The van der Waals surface area contributed by atoms with E-state index in [2.05, 4.69) is 0 Å². The Morgan fingerprint density at radius 2 is 2.04 bits per heavy atom. The smallest absolute Gasteiger partial charge is 0.174 e. The zero-order valence-electron chi connectivity index (χ0n) is 14.0. The molecule has 0 radical (unpaired) electrons. The van der Waals surface area contributed by atoms with E-state index in [0.717, 1.165) is 5.56 Å². The van der Waals surface area contributed by atoms with Gasteiger partial charge in [-0.2, -0.15) is 0 Å². The number of phenols is 1. The number of fused-ring (bicyclic) bond motifs is 1. The highest BCUT2D eigenvalue weighted by molar-refractivity contribution is 6.04. The Bertz CT molecular complexity index is 852. The summed E-state index contributed by atoms with van der Waals surface area (Å²) in [6.07, 6.45) is 2.58. The number of allylic oxidation sites excluding steroid dienone is 1. The van der Waals surface area contributed by atoms with Gasteiger partial charge in [0, 0.05) is 6.07 Å². The van der Waals surface area contributed by atoms with Gasteiger partial charge in [-0.15, -0.1) is 0 Å². The highest BCUT2D eigenvalue weighted by Gasteiger charge is 2.33. The highest BCUT2D eigenvalue weighted by atomic mass is 16.5. The first kappa shape index (κ1) is 16.8. The number of ketones is 2. The van der Waals surface area contributed by atoms with Crippen molar-refractivity contribution in [3.8, 4) is 17.2 Å². The van der Waals surface area contributed by atoms with E-state index in [1.165, 1.54) is 26.2 Å². The third-order valence-corrected chi connectivity index (χ3v) is 4.05. The van der Waals surface area contributed by atoms with Crippen LogP contribution < -0.4 is 9.47 Å². The zero-order valence-corrected chi connectivity index (χ0v) is 14.0. The fourth-order valence-electron chi connectivity index (χ4n) is 2.86. The minimum Gasteiger partial charge on any atom is -0.507 e. The first-order valence-electron chi connectivity index (χ1n) is 7.88. The Balaban J connectivity index is 2.15. The Hall–Kier alpha value is -3.08. The first-order chi connectivity index (χ1) is 12.0. The van der Waals surface area contributed by atoms with Crippen molar-refractivity contribution < 1.29 is 24.2 Å². The van der Waals surface area contributed by atoms with Gasteiger partial charge in [0.15, 0.2) is 11.6 Å². The van der Waals surface area contributed by atoms with Gasteiger partial charge in [0.05, 0.1) is 19.1 Å². The van der Waals surface area contributed by atoms with E-state index in [-0.39, 0.29) is 35.0 Å². The van der Waals surface area contributed by atoms with Crippen molar-refractivity contribution in [3.63, 3.8) is 0 Å². The number of ether oxygens (including phenoxy) is 2. The van der Waals surface area contributed by atoms with Gasteiger partial charge in [-0.3, -0.25) is 9.59 Å². The summed E-state index contributed by atoms with van der Waals surface area (Å²) < 4.78 is 11.3. The number of rotatable bonds is 4. The molecule has 0 aromatic heterocycles. The Morgan fingerprint density at radius 1 is 1.32 bits per heavy atom. The van der Waals surface area contributed by atoms with Crippen molar-refractivity contribution >= 4 is 17.6 Å². The second-order valence-corrected chi connectivity index (χ2v) is 5.80. The predicted octanol–water partition coefficient (Wildman–Crippen LogP) is 3.71. The third kappa shape index (κ3) is 3.26. The molecule has 25 heavy (non-hydrogen) atoms. The molecule has 5 heteroatoms. The number of aromatic hydroxyl groups is 1. The molecule has 0 aliphatic carbocycles. The van der Waals surface area contributed by atoms with Crippen LogP contribution in [0.2, 0.25) is 0 Å². The molecular weight excluding hydrogens is 320 g/mol. The number of hydrogen-bond donors (Lipinski definition) is 1. The summed E-state index contributed by atoms with van der Waals surface area (Å²) in [6, 6.07) is 10.8. The van der Waals surface area contributed by atoms with E-state index in [4.69, 9.17) is 9.47 Å². The summed E-state index contributed by atoms with van der Waals surface area (Å²) in [7, 11) is 1.45. The SMILES string of the molecule is COc1cc(O)c2c(c1C=CC(C)=O)OC(c1ccccc1)CC2=O. The average molecular weight is 338 g/mol. The van der Waals surface area contributed by atoms with Crippen molar-refractivity contribution in [2.75, 3.05) is 7.11 Å². The van der Waals surface area contributed by atoms with Gasteiger partial charge >= 0.3 is 0 Å². The van der Waals surface area contributed by atoms with E-state index in [1.807, 2.05) is 30.3 Å². The van der Waals surface area contributed by atoms with Crippen LogP contribution in [-0.2, 0) is 4.79 Å². The molecule has 2 aromatic carbocycles. The predicted molar refractivity (Wildman–Crippen MR) is 93.1 cm³/mol. The second-order valence-electron chi connectivity index (χ2n) is 5.80. The molecule has 0 saturated heterocycles. The minimum absolute atomic E-state index is 0.121. The summed E-state index contributed by atoms with van der Waals surface area (Å²) in [6.45, 7) is 1.43. The molecule has 0 amide bonds. The first-order valence-corrected chi connectivity index (χ1v) is 7.88. The molecule has 128 valence electrons. The topological polar surface area (TPSA) is 72.8 Å². The molecule has 1 aliphatic heterocycles. The van der Waals surface area contributed by atoms with E-state index in [0.29, 0.717) is 11.3 Å². The van der Waals surface area contributed by atoms with Crippen molar-refractivity contribution in [3.05, 3.63) is 59.2 Å². The van der Waals surface area contributed by atoms with Crippen molar-refractivity contribution in [1.82, 2.24) is 0 Å². The van der Waals surface area contributed by atoms with Crippen LogP contribution in [0.5, 0.6) is 17.2 Å². The van der Waals surface area contributed by atoms with E-state index in [1.54, 1.807) is 6.08 Å². The van der Waals surface area contributed by atoms with Gasteiger partial charge < -0.3 is 14.6 Å². The van der Waals surface area contributed by atoms with Crippen molar-refractivity contribution in [2.45, 2.75) is 19.4 Å². The van der Waals surface area contributed by atoms with Gasteiger partial charge in [0.25, 0.3) is 0 Å². The molecule has 1 N–H and O–H groups in total. The van der Waals surface area contributed by atoms with Crippen LogP contribution in [0.1, 0.15) is 40.9 Å². The number of Topliss-reactive ketones (excluding diaryl/α,β-unsaturated/α-hetero) is 1. The summed E-state index contributed by atoms with van der Waals surface area (Å²) in [5.74, 6) is 0.0106. The maximum Gasteiger partial charge on any atom is 0.174 e. The number of phenolic OH excluding ortho intramolecular Hbond substituents is 1. The minimum atomic E-state index is -0.461. The lowest BCUT2D eigenvalue weighted by Crippen LogP contribution is -2.21. The Kier molecular flexibility index (Phi) is 4.57. The number of hydrogen-bond acceptors (Lipinski definition) is 5. The van der Waals surface area contributed by atoms with Crippen LogP contribution in [-0.4, -0.2) is 23.8 Å². The van der Waals surface area contributed by atoms with Crippen LogP contribution >= 0.6 is 0 Å². The van der Waals surface area contributed by atoms with Crippen LogP contribution in [0.3, 0.4) is 0 Å². The lowest BCUT2D eigenvalue weighted by Gasteiger charge is -2.28. The standard InChI is InChI=1S/C20H18O5/c1-12(21)8-9-14-18(24-2)11-16(23)19-15(22)10-17(25-20(14)19)13-6-4-3-5-7-13/h3-9,11,17,23H,10H2,1-2H3. The molecule has 0 bridgehead atoms. The van der Waals surface area contributed by atoms with Crippen molar-refractivity contribution in [1.29, 1.82) is 0 Å². The highest BCUT2D eigenvalue weighted by Crippen LogP contribution is 2.46. The fraction of sp³-hybridized carbons (Fsp3) is 0.200. The molecular formula is C20H18O5. The maximum atomic E-state index is 12.6. The van der Waals surface area contributed by atoms with Crippen LogP contribution in [0.25, 0.3) is 6.08 Å². The van der Waals surface area contributed by atoms with Crippen molar-refractivity contribution in [2.24, 2.45) is 0 Å². The normalized spacial score (nSPS) is 16.4. The van der Waals surface area contributed by atoms with Crippen LogP contribution in [0.4, 0.5) is 0 Å². The second kappa shape index (κ2) is 6.81. The van der Waals surface area contributed by atoms with Gasteiger partial charge in [0.2, 0.25) is 0 Å². The summed E-state index contributed by atoms with van der Waals surface area (Å²) in [5, 5.41) is 10.2. The monoisotopic (exact) mass is 338 g/mol. The number of benzene rings is 2. The fourth-order valence-corrected chi connectivity index (χ4v) is 2.86. The van der Waals surface area contributed by atoms with E-state index >= 15 is 0 Å². The van der Waals surface area contributed by atoms with Gasteiger partial charge in [-0.1, -0.05) is 30.3 Å². The molecule has 3 rings (SSSR count). The van der Waals surface area contributed by atoms with Crippen LogP contribution in [0, 0.1) is 0 Å². The van der Waals surface area contributed by atoms with E-state index < -0.39 is 6.10 Å². The molecule has 1 aliphatic rings. The molecule has 1 atom stereocenters. The van der Waals surface area contributed by atoms with E-state index in [9.17, 15) is 14.7 Å². The molecule has 1 heterocycles. The third-order valence-electron chi connectivity index (χ3n) is 4.05. The van der Waals surface area contributed by atoms with Crippen LogP contribution in [0.15, 0.2) is 42.5 Å². The number of methoxy groups -OCH3 is 1. The van der Waals surface area contributed by atoms with Gasteiger partial charge in [0.1, 0.15) is 28.9 Å². The Morgan fingerprint density at radius 3 is 2.68 bits per heavy atom. The number of carbonyl (C=O) groups excluding carboxylic acids is 2. The quantitative estimate of drug-likeness (QED) is 0.860. The largest absolute Gasteiger partial charge is 0.507 e. The molecule has 2 aromatic rings. The summed E-state index contributed by atoms with van der Waals surface area (Å²) in [4.78, 5) is 23.9. The molecule has 1 unspecified atom stereocenters. The molecule has 0 spiro atoms. The van der Waals surface area contributed by atoms with Gasteiger partial charge in [-0.05, 0) is 24.6 Å². The maximum absolute atomic E-state index is 12.6. The average Bonchev–Trinajstić information content (AvgIpc) is 2.60. The Labute approximate surface area is 145 Å². The molecule has 5 nitrogen and oxygen atoms in total. The molecule has 0 fully saturated rings. The molecule has 0 saturated carbocycles.